The van der Waals surface area contributed by atoms with E-state index in [1.165, 1.54) is 10.8 Å². The lowest BCUT2D eigenvalue weighted by atomic mass is 10.6. The molecule has 0 saturated heterocycles. The van der Waals surface area contributed by atoms with Crippen LogP contribution >= 0.6 is 22.6 Å². The predicted molar refractivity (Wildman–Crippen MR) is 55.9 cm³/mol. The molecule has 0 bridgehead atoms. The van der Waals surface area contributed by atoms with Gasteiger partial charge in [0, 0.05) is 13.3 Å². The summed E-state index contributed by atoms with van der Waals surface area (Å²) in [5.41, 5.74) is -0.748. The topological polar surface area (TPSA) is 64.1 Å². The summed E-state index contributed by atoms with van der Waals surface area (Å²) in [6.45, 7) is 0.893. The molecule has 13 heavy (non-hydrogen) atoms. The number of aromatic amines is 1. The van der Waals surface area contributed by atoms with E-state index in [0.29, 0.717) is 16.7 Å². The maximum absolute atomic E-state index is 11.1. The van der Waals surface area contributed by atoms with E-state index in [4.69, 9.17) is 4.74 Å². The lowest BCUT2D eigenvalue weighted by molar-refractivity contribution is 0.185. The summed E-state index contributed by atoms with van der Waals surface area (Å²) >= 11 is 1.87. The Morgan fingerprint density at radius 1 is 1.62 bits per heavy atom. The molecule has 1 heterocycles. The van der Waals surface area contributed by atoms with E-state index < -0.39 is 5.69 Å². The Morgan fingerprint density at radius 2 is 2.31 bits per heavy atom. The smallest absolute Gasteiger partial charge is 0.328 e. The Balaban J connectivity index is 3.02. The molecule has 72 valence electrons. The highest BCUT2D eigenvalue weighted by Gasteiger charge is 2.00. The Bertz CT molecular complexity index is 395. The van der Waals surface area contributed by atoms with E-state index in [-0.39, 0.29) is 5.56 Å². The van der Waals surface area contributed by atoms with Gasteiger partial charge >= 0.3 is 5.69 Å². The predicted octanol–water partition coefficient (Wildman–Crippen LogP) is -0.212. The van der Waals surface area contributed by atoms with Crippen LogP contribution in [0.25, 0.3) is 0 Å². The van der Waals surface area contributed by atoms with Crippen molar-refractivity contribution >= 4 is 22.6 Å². The maximum atomic E-state index is 11.1. The Labute approximate surface area is 87.9 Å². The molecule has 5 nitrogen and oxygen atoms in total. The number of ether oxygens (including phenoxy) is 1. The highest BCUT2D eigenvalue weighted by Crippen LogP contribution is 1.92. The average Bonchev–Trinajstić information content (AvgIpc) is 2.09. The third kappa shape index (κ3) is 2.66. The molecule has 0 aliphatic rings. The van der Waals surface area contributed by atoms with Gasteiger partial charge < -0.3 is 4.74 Å². The third-order valence-electron chi connectivity index (χ3n) is 1.50. The summed E-state index contributed by atoms with van der Waals surface area (Å²) in [5, 5.41) is 0. The fourth-order valence-electron chi connectivity index (χ4n) is 0.838. The molecule has 1 N–H and O–H groups in total. The summed E-state index contributed by atoms with van der Waals surface area (Å²) in [6, 6.07) is 0. The zero-order valence-corrected chi connectivity index (χ0v) is 9.20. The van der Waals surface area contributed by atoms with Gasteiger partial charge in [0.15, 0.2) is 0 Å². The number of hydrogen-bond acceptors (Lipinski definition) is 3. The molecule has 6 heteroatoms. The van der Waals surface area contributed by atoms with Crippen molar-refractivity contribution in [1.82, 2.24) is 9.55 Å². The quantitative estimate of drug-likeness (QED) is 0.785. The van der Waals surface area contributed by atoms with Crippen molar-refractivity contribution in [2.75, 3.05) is 13.7 Å². The van der Waals surface area contributed by atoms with Crippen LogP contribution in [0.1, 0.15) is 0 Å². The van der Waals surface area contributed by atoms with Gasteiger partial charge in [-0.25, -0.2) is 4.79 Å². The minimum atomic E-state index is -0.400. The van der Waals surface area contributed by atoms with E-state index in [1.54, 1.807) is 7.11 Å². The number of hydrogen-bond donors (Lipinski definition) is 1. The standard InChI is InChI=1S/C7H9IN2O3/c1-13-3-2-10-4-5(8)6(11)9-7(10)12/h4H,2-3H2,1H3,(H,9,11,12). The van der Waals surface area contributed by atoms with Gasteiger partial charge in [0.2, 0.25) is 0 Å². The van der Waals surface area contributed by atoms with Gasteiger partial charge in [-0.05, 0) is 22.6 Å². The number of methoxy groups -OCH3 is 1. The van der Waals surface area contributed by atoms with Crippen LogP contribution in [0, 0.1) is 3.57 Å². The van der Waals surface area contributed by atoms with Crippen molar-refractivity contribution in [2.45, 2.75) is 6.54 Å². The SMILES string of the molecule is COCCn1cc(I)c(=O)[nH]c1=O. The zero-order valence-electron chi connectivity index (χ0n) is 7.04. The first kappa shape index (κ1) is 10.5. The van der Waals surface area contributed by atoms with E-state index in [2.05, 4.69) is 4.98 Å². The number of H-pyrrole nitrogens is 1. The summed E-state index contributed by atoms with van der Waals surface area (Å²) < 4.78 is 6.72. The maximum Gasteiger partial charge on any atom is 0.328 e. The van der Waals surface area contributed by atoms with E-state index >= 15 is 0 Å². The highest BCUT2D eigenvalue weighted by molar-refractivity contribution is 14.1. The zero-order chi connectivity index (χ0) is 9.84. The Morgan fingerprint density at radius 3 is 2.92 bits per heavy atom. The molecule has 1 aromatic rings. The minimum absolute atomic E-state index is 0.348. The number of aromatic nitrogens is 2. The van der Waals surface area contributed by atoms with Gasteiger partial charge in [-0.15, -0.1) is 0 Å². The van der Waals surface area contributed by atoms with E-state index in [0.717, 1.165) is 0 Å². The van der Waals surface area contributed by atoms with Crippen molar-refractivity contribution in [3.8, 4) is 0 Å². The molecule has 1 rings (SSSR count). The third-order valence-corrected chi connectivity index (χ3v) is 2.27. The molecular weight excluding hydrogens is 287 g/mol. The van der Waals surface area contributed by atoms with Gasteiger partial charge in [0.05, 0.1) is 16.7 Å². The number of rotatable bonds is 3. The van der Waals surface area contributed by atoms with Gasteiger partial charge in [0.25, 0.3) is 5.56 Å². The van der Waals surface area contributed by atoms with Gasteiger partial charge in [-0.2, -0.15) is 0 Å². The largest absolute Gasteiger partial charge is 0.383 e. The summed E-state index contributed by atoms with van der Waals surface area (Å²) in [5.74, 6) is 0. The van der Waals surface area contributed by atoms with Crippen LogP contribution in [0.15, 0.2) is 15.8 Å². The van der Waals surface area contributed by atoms with Crippen LogP contribution in [-0.2, 0) is 11.3 Å². The van der Waals surface area contributed by atoms with Crippen LogP contribution in [0.3, 0.4) is 0 Å². The molecular formula is C7H9IN2O3. The molecule has 0 aliphatic carbocycles. The first-order valence-corrected chi connectivity index (χ1v) is 4.71. The minimum Gasteiger partial charge on any atom is -0.383 e. The molecule has 0 radical (unpaired) electrons. The summed E-state index contributed by atoms with van der Waals surface area (Å²) in [6.07, 6.45) is 1.51. The Kier molecular flexibility index (Phi) is 3.67. The van der Waals surface area contributed by atoms with Crippen LogP contribution in [0.4, 0.5) is 0 Å². The molecule has 0 unspecified atom stereocenters. The fraction of sp³-hybridized carbons (Fsp3) is 0.429. The summed E-state index contributed by atoms with van der Waals surface area (Å²) in [4.78, 5) is 24.3. The van der Waals surface area contributed by atoms with Gasteiger partial charge in [-0.1, -0.05) is 0 Å². The average molecular weight is 296 g/mol. The van der Waals surface area contributed by atoms with Crippen LogP contribution in [0.5, 0.6) is 0 Å². The van der Waals surface area contributed by atoms with Crippen LogP contribution in [-0.4, -0.2) is 23.3 Å². The fourth-order valence-corrected chi connectivity index (χ4v) is 1.31. The number of nitrogens with zero attached hydrogens (tertiary/aromatic N) is 1. The van der Waals surface area contributed by atoms with Crippen molar-refractivity contribution in [2.24, 2.45) is 0 Å². The number of nitrogens with one attached hydrogen (secondary N) is 1. The van der Waals surface area contributed by atoms with Gasteiger partial charge in [0.1, 0.15) is 0 Å². The monoisotopic (exact) mass is 296 g/mol. The number of halogens is 1. The molecule has 0 atom stereocenters. The molecule has 0 saturated carbocycles. The summed E-state index contributed by atoms with van der Waals surface area (Å²) in [7, 11) is 1.56. The Hall–Kier alpha value is -0.630. The van der Waals surface area contributed by atoms with E-state index in [1.807, 2.05) is 22.6 Å². The highest BCUT2D eigenvalue weighted by atomic mass is 127. The van der Waals surface area contributed by atoms with E-state index in [9.17, 15) is 9.59 Å². The second kappa shape index (κ2) is 4.56. The first-order chi connectivity index (χ1) is 6.15. The molecule has 1 aromatic heterocycles. The molecule has 0 spiro atoms. The van der Waals surface area contributed by atoms with Crippen molar-refractivity contribution < 1.29 is 4.74 Å². The molecule has 0 fully saturated rings. The van der Waals surface area contributed by atoms with Crippen molar-refractivity contribution in [3.05, 3.63) is 30.6 Å². The molecule has 0 aromatic carbocycles. The van der Waals surface area contributed by atoms with Crippen LogP contribution in [0.2, 0.25) is 0 Å². The molecule has 0 aliphatic heterocycles. The van der Waals surface area contributed by atoms with Crippen LogP contribution < -0.4 is 11.2 Å². The second-order valence-corrected chi connectivity index (χ2v) is 3.58. The van der Waals surface area contributed by atoms with Crippen molar-refractivity contribution in [1.29, 1.82) is 0 Å². The van der Waals surface area contributed by atoms with Crippen molar-refractivity contribution in [3.63, 3.8) is 0 Å². The first-order valence-electron chi connectivity index (χ1n) is 3.63. The normalized spacial score (nSPS) is 10.3. The lowest BCUT2D eigenvalue weighted by Crippen LogP contribution is -2.31. The molecule has 0 amide bonds. The lowest BCUT2D eigenvalue weighted by Gasteiger charge is -2.03. The second-order valence-electron chi connectivity index (χ2n) is 2.42. The van der Waals surface area contributed by atoms with Gasteiger partial charge in [-0.3, -0.25) is 14.3 Å².